The zero-order valence-electron chi connectivity index (χ0n) is 15.1. The largest absolute Gasteiger partial charge is 0.481 e. The van der Waals surface area contributed by atoms with Crippen molar-refractivity contribution in [1.29, 1.82) is 0 Å². The van der Waals surface area contributed by atoms with Gasteiger partial charge in [0.15, 0.2) is 11.9 Å². The zero-order chi connectivity index (χ0) is 18.2. The van der Waals surface area contributed by atoms with Gasteiger partial charge in [0.1, 0.15) is 0 Å². The highest BCUT2D eigenvalue weighted by Crippen LogP contribution is 2.38. The number of hydrogen-bond donors (Lipinski definition) is 2. The third-order valence-corrected chi connectivity index (χ3v) is 4.73. The Morgan fingerprint density at radius 3 is 2.29 bits per heavy atom. The SMILES string of the molecule is CCCC(OC(=O)NCC1(CC(=O)O)CCCCC1)C(=O)C(C)C. The number of Topliss-reactive ketones (excluding diaryl/α,β-unsaturated/α-hetero) is 1. The predicted molar refractivity (Wildman–Crippen MR) is 90.8 cm³/mol. The van der Waals surface area contributed by atoms with Crippen molar-refractivity contribution in [3.8, 4) is 0 Å². The molecule has 0 aliphatic heterocycles. The molecule has 0 aromatic heterocycles. The minimum absolute atomic E-state index is 0.0522. The van der Waals surface area contributed by atoms with E-state index < -0.39 is 23.6 Å². The molecule has 1 amide bonds. The van der Waals surface area contributed by atoms with Crippen molar-refractivity contribution in [2.24, 2.45) is 11.3 Å². The molecule has 1 aliphatic rings. The smallest absolute Gasteiger partial charge is 0.407 e. The van der Waals surface area contributed by atoms with Gasteiger partial charge in [-0.15, -0.1) is 0 Å². The van der Waals surface area contributed by atoms with E-state index in [2.05, 4.69) is 5.32 Å². The first kappa shape index (κ1) is 20.5. The Morgan fingerprint density at radius 1 is 1.17 bits per heavy atom. The number of alkyl carbamates (subject to hydrolysis) is 1. The first-order valence-corrected chi connectivity index (χ1v) is 8.99. The van der Waals surface area contributed by atoms with Crippen LogP contribution in [0.5, 0.6) is 0 Å². The Labute approximate surface area is 144 Å². The summed E-state index contributed by atoms with van der Waals surface area (Å²) in [6, 6.07) is 0. The Balaban J connectivity index is 2.60. The van der Waals surface area contributed by atoms with E-state index >= 15 is 0 Å². The molecule has 2 N–H and O–H groups in total. The van der Waals surface area contributed by atoms with Gasteiger partial charge < -0.3 is 15.2 Å². The quantitative estimate of drug-likeness (QED) is 0.669. The molecular weight excluding hydrogens is 310 g/mol. The van der Waals surface area contributed by atoms with Crippen LogP contribution in [0, 0.1) is 11.3 Å². The van der Waals surface area contributed by atoms with Crippen LogP contribution in [-0.2, 0) is 14.3 Å². The van der Waals surface area contributed by atoms with Gasteiger partial charge >= 0.3 is 12.1 Å². The van der Waals surface area contributed by atoms with Crippen LogP contribution in [-0.4, -0.2) is 35.6 Å². The van der Waals surface area contributed by atoms with E-state index in [4.69, 9.17) is 9.84 Å². The van der Waals surface area contributed by atoms with Gasteiger partial charge in [0, 0.05) is 12.5 Å². The molecular formula is C18H31NO5. The standard InChI is InChI=1S/C18H31NO5/c1-4-8-14(16(22)13(2)3)24-17(23)19-12-18(11-15(20)21)9-6-5-7-10-18/h13-14H,4-12H2,1-3H3,(H,19,23)(H,20,21). The molecule has 1 atom stereocenters. The summed E-state index contributed by atoms with van der Waals surface area (Å²) >= 11 is 0. The summed E-state index contributed by atoms with van der Waals surface area (Å²) in [4.78, 5) is 35.3. The van der Waals surface area contributed by atoms with Gasteiger partial charge in [0.2, 0.25) is 0 Å². The molecule has 1 fully saturated rings. The third kappa shape index (κ3) is 6.49. The molecule has 1 rings (SSSR count). The van der Waals surface area contributed by atoms with Crippen LogP contribution in [0.3, 0.4) is 0 Å². The highest BCUT2D eigenvalue weighted by molar-refractivity contribution is 5.86. The fraction of sp³-hybridized carbons (Fsp3) is 0.833. The molecule has 0 radical (unpaired) electrons. The van der Waals surface area contributed by atoms with E-state index in [0.29, 0.717) is 6.42 Å². The second kappa shape index (κ2) is 9.64. The average Bonchev–Trinajstić information content (AvgIpc) is 2.52. The summed E-state index contributed by atoms with van der Waals surface area (Å²) in [7, 11) is 0. The number of carboxylic acids is 1. The molecule has 24 heavy (non-hydrogen) atoms. The van der Waals surface area contributed by atoms with Gasteiger partial charge in [0.05, 0.1) is 6.42 Å². The number of carbonyl (C=O) groups excluding carboxylic acids is 2. The summed E-state index contributed by atoms with van der Waals surface area (Å²) < 4.78 is 5.31. The molecule has 0 saturated heterocycles. The van der Waals surface area contributed by atoms with Crippen molar-refractivity contribution >= 4 is 17.8 Å². The lowest BCUT2D eigenvalue weighted by molar-refractivity contribution is -0.140. The van der Waals surface area contributed by atoms with Gasteiger partial charge in [-0.25, -0.2) is 4.79 Å². The Kier molecular flexibility index (Phi) is 8.22. The molecule has 1 saturated carbocycles. The molecule has 0 heterocycles. The molecule has 6 nitrogen and oxygen atoms in total. The number of hydrogen-bond acceptors (Lipinski definition) is 4. The van der Waals surface area contributed by atoms with Crippen LogP contribution >= 0.6 is 0 Å². The fourth-order valence-corrected chi connectivity index (χ4v) is 3.36. The molecule has 1 aliphatic carbocycles. The lowest BCUT2D eigenvalue weighted by atomic mass is 9.72. The van der Waals surface area contributed by atoms with E-state index in [1.54, 1.807) is 13.8 Å². The number of ketones is 1. The maximum atomic E-state index is 12.1. The fourth-order valence-electron chi connectivity index (χ4n) is 3.36. The van der Waals surface area contributed by atoms with E-state index in [-0.39, 0.29) is 24.7 Å². The number of carboxylic acid groups (broad SMARTS) is 1. The maximum Gasteiger partial charge on any atom is 0.407 e. The van der Waals surface area contributed by atoms with Crippen molar-refractivity contribution in [1.82, 2.24) is 5.32 Å². The number of rotatable bonds is 9. The number of nitrogens with one attached hydrogen (secondary N) is 1. The van der Waals surface area contributed by atoms with Crippen LogP contribution in [0.2, 0.25) is 0 Å². The van der Waals surface area contributed by atoms with Gasteiger partial charge in [-0.05, 0) is 24.7 Å². The minimum Gasteiger partial charge on any atom is -0.481 e. The normalized spacial score (nSPS) is 18.0. The van der Waals surface area contributed by atoms with Crippen molar-refractivity contribution in [2.45, 2.75) is 78.2 Å². The predicted octanol–water partition coefficient (Wildman–Crippen LogP) is 3.53. The lowest BCUT2D eigenvalue weighted by Crippen LogP contribution is -2.42. The van der Waals surface area contributed by atoms with Crippen molar-refractivity contribution < 1.29 is 24.2 Å². The molecule has 0 aromatic carbocycles. The number of ether oxygens (including phenoxy) is 1. The van der Waals surface area contributed by atoms with Gasteiger partial charge in [-0.2, -0.15) is 0 Å². The Bertz CT molecular complexity index is 441. The lowest BCUT2D eigenvalue weighted by Gasteiger charge is -2.36. The summed E-state index contributed by atoms with van der Waals surface area (Å²) in [5.41, 5.74) is -0.397. The average molecular weight is 341 g/mol. The van der Waals surface area contributed by atoms with E-state index in [1.807, 2.05) is 6.92 Å². The molecule has 1 unspecified atom stereocenters. The molecule has 138 valence electrons. The summed E-state index contributed by atoms with van der Waals surface area (Å²) in [6.45, 7) is 5.80. The summed E-state index contributed by atoms with van der Waals surface area (Å²) in [5, 5.41) is 11.9. The number of amides is 1. The molecule has 0 aromatic rings. The summed E-state index contributed by atoms with van der Waals surface area (Å²) in [5.74, 6) is -1.11. The second-order valence-corrected chi connectivity index (χ2v) is 7.22. The summed E-state index contributed by atoms with van der Waals surface area (Å²) in [6.07, 6.45) is 4.61. The first-order chi connectivity index (χ1) is 11.3. The molecule has 6 heteroatoms. The monoisotopic (exact) mass is 341 g/mol. The highest BCUT2D eigenvalue weighted by atomic mass is 16.6. The van der Waals surface area contributed by atoms with Gasteiger partial charge in [-0.3, -0.25) is 9.59 Å². The van der Waals surface area contributed by atoms with Crippen LogP contribution < -0.4 is 5.32 Å². The second-order valence-electron chi connectivity index (χ2n) is 7.22. The van der Waals surface area contributed by atoms with Crippen LogP contribution in [0.4, 0.5) is 4.79 Å². The Morgan fingerprint density at radius 2 is 1.79 bits per heavy atom. The topological polar surface area (TPSA) is 92.7 Å². The maximum absolute atomic E-state index is 12.1. The number of carbonyl (C=O) groups is 3. The van der Waals surface area contributed by atoms with Crippen LogP contribution in [0.25, 0.3) is 0 Å². The number of aliphatic carboxylic acids is 1. The molecule has 0 bridgehead atoms. The Hall–Kier alpha value is -1.59. The third-order valence-electron chi connectivity index (χ3n) is 4.73. The van der Waals surface area contributed by atoms with Crippen molar-refractivity contribution in [3.05, 3.63) is 0 Å². The van der Waals surface area contributed by atoms with E-state index in [9.17, 15) is 14.4 Å². The van der Waals surface area contributed by atoms with Crippen LogP contribution in [0.1, 0.15) is 72.1 Å². The van der Waals surface area contributed by atoms with E-state index in [1.165, 1.54) is 0 Å². The van der Waals surface area contributed by atoms with E-state index in [0.717, 1.165) is 38.5 Å². The van der Waals surface area contributed by atoms with Gasteiger partial charge in [0.25, 0.3) is 0 Å². The van der Waals surface area contributed by atoms with Crippen LogP contribution in [0.15, 0.2) is 0 Å². The van der Waals surface area contributed by atoms with Crippen molar-refractivity contribution in [2.75, 3.05) is 6.54 Å². The minimum atomic E-state index is -0.842. The zero-order valence-corrected chi connectivity index (χ0v) is 15.1. The highest BCUT2D eigenvalue weighted by Gasteiger charge is 2.35. The van der Waals surface area contributed by atoms with Crippen molar-refractivity contribution in [3.63, 3.8) is 0 Å². The molecule has 0 spiro atoms. The first-order valence-electron chi connectivity index (χ1n) is 8.99. The van der Waals surface area contributed by atoms with Gasteiger partial charge in [-0.1, -0.05) is 46.5 Å².